The molecule has 1 aromatic heterocycles. The Morgan fingerprint density at radius 3 is 2.68 bits per heavy atom. The lowest BCUT2D eigenvalue weighted by Gasteiger charge is -2.18. The van der Waals surface area contributed by atoms with Crippen LogP contribution in [-0.4, -0.2) is 12.0 Å². The van der Waals surface area contributed by atoms with Gasteiger partial charge >= 0.3 is 0 Å². The Balaban J connectivity index is 2.25. The molecule has 2 nitrogen and oxygen atoms in total. The summed E-state index contributed by atoms with van der Waals surface area (Å²) in [5.41, 5.74) is 2.23. The lowest BCUT2D eigenvalue weighted by atomic mass is 10.00. The molecule has 1 heterocycles. The van der Waals surface area contributed by atoms with Crippen molar-refractivity contribution in [3.63, 3.8) is 0 Å². The van der Waals surface area contributed by atoms with Gasteiger partial charge in [0.05, 0.1) is 10.0 Å². The molecule has 0 fully saturated rings. The summed E-state index contributed by atoms with van der Waals surface area (Å²) in [4.78, 5) is 4.00. The largest absolute Gasteiger partial charge is 0.313 e. The Morgan fingerprint density at radius 2 is 2.05 bits per heavy atom. The molecule has 1 unspecified atom stereocenters. The Hall–Kier alpha value is -0.610. The first kappa shape index (κ1) is 14.8. The summed E-state index contributed by atoms with van der Waals surface area (Å²) in [5, 5.41) is 4.70. The van der Waals surface area contributed by atoms with Crippen molar-refractivity contribution in [1.82, 2.24) is 10.3 Å². The van der Waals surface area contributed by atoms with Gasteiger partial charge in [0.25, 0.3) is 0 Å². The molecule has 0 aliphatic carbocycles. The molecule has 0 saturated heterocycles. The van der Waals surface area contributed by atoms with E-state index in [1.54, 1.807) is 12.4 Å². The fraction of sp³-hybridized carbons (Fsp3) is 0.214. The number of halogens is 3. The van der Waals surface area contributed by atoms with Crippen LogP contribution in [0.25, 0.3) is 0 Å². The van der Waals surface area contributed by atoms with Crippen molar-refractivity contribution < 1.29 is 0 Å². The summed E-state index contributed by atoms with van der Waals surface area (Å²) >= 11 is 15.6. The second-order valence-corrected chi connectivity index (χ2v) is 5.85. The van der Waals surface area contributed by atoms with Gasteiger partial charge in [0.2, 0.25) is 0 Å². The van der Waals surface area contributed by atoms with Gasteiger partial charge in [-0.2, -0.15) is 0 Å². The molecular formula is C14H13BrCl2N2. The van der Waals surface area contributed by atoms with Gasteiger partial charge in [0, 0.05) is 22.9 Å². The summed E-state index contributed by atoms with van der Waals surface area (Å²) in [7, 11) is 1.93. The van der Waals surface area contributed by atoms with E-state index < -0.39 is 0 Å². The smallest absolute Gasteiger partial charge is 0.0622 e. The zero-order valence-electron chi connectivity index (χ0n) is 10.3. The minimum absolute atomic E-state index is 0.175. The highest BCUT2D eigenvalue weighted by Gasteiger charge is 2.13. The van der Waals surface area contributed by atoms with E-state index in [0.717, 1.165) is 22.0 Å². The molecule has 0 radical (unpaired) electrons. The first-order valence-electron chi connectivity index (χ1n) is 5.82. The Labute approximate surface area is 131 Å². The monoisotopic (exact) mass is 358 g/mol. The lowest BCUT2D eigenvalue weighted by Crippen LogP contribution is -2.19. The highest BCUT2D eigenvalue weighted by atomic mass is 79.9. The van der Waals surface area contributed by atoms with Crippen molar-refractivity contribution in [2.24, 2.45) is 0 Å². The normalized spacial score (nSPS) is 12.4. The first-order chi connectivity index (χ1) is 9.11. The molecule has 0 amide bonds. The standard InChI is InChI=1S/C14H13BrCl2N2/c1-18-14(7-9-4-5-19-8-13(9)17)10-2-3-12(16)11(15)6-10/h2-6,8,14,18H,7H2,1H3. The third-order valence-electron chi connectivity index (χ3n) is 2.97. The van der Waals surface area contributed by atoms with Crippen molar-refractivity contribution in [2.75, 3.05) is 7.05 Å². The number of benzene rings is 1. The molecular weight excluding hydrogens is 347 g/mol. The summed E-state index contributed by atoms with van der Waals surface area (Å²) in [6.45, 7) is 0. The fourth-order valence-corrected chi connectivity index (χ4v) is 2.62. The van der Waals surface area contributed by atoms with Crippen molar-refractivity contribution in [3.05, 3.63) is 62.3 Å². The fourth-order valence-electron chi connectivity index (χ4n) is 1.91. The number of aromatic nitrogens is 1. The van der Waals surface area contributed by atoms with E-state index in [4.69, 9.17) is 23.2 Å². The van der Waals surface area contributed by atoms with Crippen LogP contribution in [0.1, 0.15) is 17.2 Å². The van der Waals surface area contributed by atoms with E-state index in [-0.39, 0.29) is 6.04 Å². The lowest BCUT2D eigenvalue weighted by molar-refractivity contribution is 0.591. The highest BCUT2D eigenvalue weighted by Crippen LogP contribution is 2.28. The third-order valence-corrected chi connectivity index (χ3v) is 4.53. The molecule has 0 aliphatic heterocycles. The molecule has 0 spiro atoms. The van der Waals surface area contributed by atoms with E-state index in [2.05, 4.69) is 26.2 Å². The van der Waals surface area contributed by atoms with Crippen molar-refractivity contribution >= 4 is 39.1 Å². The van der Waals surface area contributed by atoms with Gasteiger partial charge < -0.3 is 5.32 Å². The number of likely N-dealkylation sites (N-methyl/N-ethyl adjacent to an activating group) is 1. The second-order valence-electron chi connectivity index (χ2n) is 4.19. The number of rotatable bonds is 4. The average molecular weight is 360 g/mol. The molecule has 2 aromatic rings. The molecule has 19 heavy (non-hydrogen) atoms. The van der Waals surface area contributed by atoms with E-state index in [1.165, 1.54) is 0 Å². The van der Waals surface area contributed by atoms with Crippen LogP contribution in [0.3, 0.4) is 0 Å². The highest BCUT2D eigenvalue weighted by molar-refractivity contribution is 9.10. The van der Waals surface area contributed by atoms with Gasteiger partial charge in [-0.25, -0.2) is 0 Å². The Kier molecular flexibility index (Phi) is 5.22. The molecule has 100 valence electrons. The first-order valence-corrected chi connectivity index (χ1v) is 7.37. The summed E-state index contributed by atoms with van der Waals surface area (Å²) in [6.07, 6.45) is 4.22. The van der Waals surface area contributed by atoms with Crippen LogP contribution in [0.5, 0.6) is 0 Å². The molecule has 0 aliphatic rings. The SMILES string of the molecule is CNC(Cc1ccncc1Cl)c1ccc(Cl)c(Br)c1. The summed E-state index contributed by atoms with van der Waals surface area (Å²) in [5.74, 6) is 0. The minimum atomic E-state index is 0.175. The predicted molar refractivity (Wildman–Crippen MR) is 83.9 cm³/mol. The van der Waals surface area contributed by atoms with Crippen LogP contribution in [-0.2, 0) is 6.42 Å². The number of hydrogen-bond donors (Lipinski definition) is 1. The zero-order chi connectivity index (χ0) is 13.8. The maximum Gasteiger partial charge on any atom is 0.0622 e. The van der Waals surface area contributed by atoms with E-state index >= 15 is 0 Å². The average Bonchev–Trinajstić information content (AvgIpc) is 2.41. The second kappa shape index (κ2) is 6.71. The van der Waals surface area contributed by atoms with Crippen LogP contribution in [0.15, 0.2) is 41.1 Å². The Morgan fingerprint density at radius 1 is 1.26 bits per heavy atom. The molecule has 2 rings (SSSR count). The summed E-state index contributed by atoms with van der Waals surface area (Å²) in [6, 6.07) is 8.05. The van der Waals surface area contributed by atoms with Crippen LogP contribution < -0.4 is 5.32 Å². The number of nitrogens with zero attached hydrogens (tertiary/aromatic N) is 1. The summed E-state index contributed by atoms with van der Waals surface area (Å²) < 4.78 is 0.896. The van der Waals surface area contributed by atoms with Crippen molar-refractivity contribution in [3.8, 4) is 0 Å². The van der Waals surface area contributed by atoms with Gasteiger partial charge in [-0.15, -0.1) is 0 Å². The molecule has 0 saturated carbocycles. The van der Waals surface area contributed by atoms with Crippen LogP contribution >= 0.6 is 39.1 Å². The molecule has 1 N–H and O–H groups in total. The molecule has 0 bridgehead atoms. The van der Waals surface area contributed by atoms with E-state index in [9.17, 15) is 0 Å². The number of pyridine rings is 1. The van der Waals surface area contributed by atoms with Crippen LogP contribution in [0, 0.1) is 0 Å². The quantitative estimate of drug-likeness (QED) is 0.859. The van der Waals surface area contributed by atoms with Gasteiger partial charge in [0.15, 0.2) is 0 Å². The molecule has 5 heteroatoms. The van der Waals surface area contributed by atoms with Crippen LogP contribution in [0.4, 0.5) is 0 Å². The predicted octanol–water partition coefficient (Wildman–Crippen LogP) is 4.65. The van der Waals surface area contributed by atoms with Crippen molar-refractivity contribution in [1.29, 1.82) is 0 Å². The zero-order valence-corrected chi connectivity index (χ0v) is 13.4. The van der Waals surface area contributed by atoms with Crippen molar-refractivity contribution in [2.45, 2.75) is 12.5 Å². The topological polar surface area (TPSA) is 24.9 Å². The number of hydrogen-bond acceptors (Lipinski definition) is 2. The number of nitrogens with one attached hydrogen (secondary N) is 1. The maximum absolute atomic E-state index is 6.15. The maximum atomic E-state index is 6.15. The van der Waals surface area contributed by atoms with Gasteiger partial charge in [0.1, 0.15) is 0 Å². The molecule has 1 aromatic carbocycles. The van der Waals surface area contributed by atoms with E-state index in [0.29, 0.717) is 10.0 Å². The van der Waals surface area contributed by atoms with Crippen LogP contribution in [0.2, 0.25) is 10.0 Å². The van der Waals surface area contributed by atoms with Gasteiger partial charge in [-0.3, -0.25) is 4.98 Å². The Bertz CT molecular complexity index is 575. The van der Waals surface area contributed by atoms with E-state index in [1.807, 2.05) is 31.3 Å². The van der Waals surface area contributed by atoms with Gasteiger partial charge in [-0.1, -0.05) is 29.3 Å². The molecule has 1 atom stereocenters. The minimum Gasteiger partial charge on any atom is -0.313 e. The third kappa shape index (κ3) is 3.69. The van der Waals surface area contributed by atoms with Gasteiger partial charge in [-0.05, 0) is 58.7 Å².